The topological polar surface area (TPSA) is 78.9 Å². The molecule has 1 saturated heterocycles. The Morgan fingerprint density at radius 1 is 1.38 bits per heavy atom. The van der Waals surface area contributed by atoms with Crippen LogP contribution in [0.5, 0.6) is 11.5 Å². The summed E-state index contributed by atoms with van der Waals surface area (Å²) in [7, 11) is 0. The number of phenols is 1. The SMILES string of the molecule is CCOc1cc(C=C2SC(=S)N(NC(=O)c3ccc(F)c(Cl)c3)C2=O)ccc1O. The molecule has 0 aromatic heterocycles. The van der Waals surface area contributed by atoms with Gasteiger partial charge in [-0.2, -0.15) is 5.01 Å². The van der Waals surface area contributed by atoms with E-state index in [0.29, 0.717) is 17.9 Å². The molecular formula is C19H14ClFN2O4S2. The molecule has 2 aromatic rings. The Morgan fingerprint density at radius 3 is 2.83 bits per heavy atom. The van der Waals surface area contributed by atoms with Crippen LogP contribution in [0.2, 0.25) is 5.02 Å². The van der Waals surface area contributed by atoms with Gasteiger partial charge in [-0.05, 0) is 61.1 Å². The van der Waals surface area contributed by atoms with Crippen LogP contribution < -0.4 is 10.2 Å². The zero-order valence-electron chi connectivity index (χ0n) is 14.9. The summed E-state index contributed by atoms with van der Waals surface area (Å²) in [6, 6.07) is 8.12. The molecule has 3 rings (SSSR count). The number of carbonyl (C=O) groups is 2. The Balaban J connectivity index is 1.79. The molecule has 6 nitrogen and oxygen atoms in total. The standard InChI is InChI=1S/C19H14ClFN2O4S2/c1-2-27-15-7-10(3-6-14(15)24)8-16-18(26)23(19(28)29-16)22-17(25)11-4-5-13(21)12(20)9-11/h3-9,24H,2H2,1H3,(H,22,25). The van der Waals surface area contributed by atoms with Crippen molar-refractivity contribution in [3.8, 4) is 11.5 Å². The second-order valence-electron chi connectivity index (χ2n) is 5.75. The van der Waals surface area contributed by atoms with Crippen molar-refractivity contribution in [1.29, 1.82) is 0 Å². The zero-order valence-corrected chi connectivity index (χ0v) is 17.3. The van der Waals surface area contributed by atoms with Crippen LogP contribution in [0.25, 0.3) is 6.08 Å². The van der Waals surface area contributed by atoms with Crippen molar-refractivity contribution < 1.29 is 23.8 Å². The summed E-state index contributed by atoms with van der Waals surface area (Å²) in [5.74, 6) is -1.56. The third kappa shape index (κ3) is 4.69. The lowest BCUT2D eigenvalue weighted by molar-refractivity contribution is -0.123. The number of thioether (sulfide) groups is 1. The van der Waals surface area contributed by atoms with E-state index in [1.54, 1.807) is 25.1 Å². The second kappa shape index (κ2) is 8.81. The molecule has 150 valence electrons. The van der Waals surface area contributed by atoms with Crippen molar-refractivity contribution in [1.82, 2.24) is 10.4 Å². The molecule has 0 saturated carbocycles. The molecule has 2 amide bonds. The number of thiocarbonyl (C=S) groups is 1. The zero-order chi connectivity index (χ0) is 21.1. The Labute approximate surface area is 180 Å². The molecule has 29 heavy (non-hydrogen) atoms. The number of hydrogen-bond acceptors (Lipinski definition) is 6. The number of carbonyl (C=O) groups excluding carboxylic acids is 2. The van der Waals surface area contributed by atoms with Gasteiger partial charge in [-0.1, -0.05) is 29.4 Å². The average molecular weight is 453 g/mol. The van der Waals surface area contributed by atoms with Crippen LogP contribution >= 0.6 is 35.6 Å². The van der Waals surface area contributed by atoms with Gasteiger partial charge in [0.15, 0.2) is 15.8 Å². The lowest BCUT2D eigenvalue weighted by Crippen LogP contribution is -2.44. The van der Waals surface area contributed by atoms with Crippen LogP contribution in [0.1, 0.15) is 22.8 Å². The summed E-state index contributed by atoms with van der Waals surface area (Å²) in [4.78, 5) is 25.3. The van der Waals surface area contributed by atoms with Gasteiger partial charge in [0.2, 0.25) is 0 Å². The fraction of sp³-hybridized carbons (Fsp3) is 0.105. The fourth-order valence-electron chi connectivity index (χ4n) is 2.41. The van der Waals surface area contributed by atoms with E-state index in [1.165, 1.54) is 12.1 Å². The van der Waals surface area contributed by atoms with Gasteiger partial charge in [-0.15, -0.1) is 0 Å². The van der Waals surface area contributed by atoms with Crippen LogP contribution in [0.15, 0.2) is 41.3 Å². The first-order valence-electron chi connectivity index (χ1n) is 8.30. The number of phenolic OH excluding ortho intramolecular Hbond substituents is 1. The smallest absolute Gasteiger partial charge is 0.285 e. The van der Waals surface area contributed by atoms with E-state index in [4.69, 9.17) is 28.6 Å². The van der Waals surface area contributed by atoms with Gasteiger partial charge in [-0.3, -0.25) is 15.0 Å². The number of nitrogens with one attached hydrogen (secondary N) is 1. The first kappa shape index (κ1) is 21.1. The van der Waals surface area contributed by atoms with Gasteiger partial charge in [0.05, 0.1) is 16.5 Å². The normalized spacial score (nSPS) is 15.1. The molecular weight excluding hydrogens is 439 g/mol. The summed E-state index contributed by atoms with van der Waals surface area (Å²) in [6.45, 7) is 2.16. The first-order chi connectivity index (χ1) is 13.8. The minimum Gasteiger partial charge on any atom is -0.504 e. The Bertz CT molecular complexity index is 1040. The molecule has 0 unspecified atom stereocenters. The lowest BCUT2D eigenvalue weighted by atomic mass is 10.2. The largest absolute Gasteiger partial charge is 0.504 e. The van der Waals surface area contributed by atoms with Crippen molar-refractivity contribution >= 4 is 57.8 Å². The van der Waals surface area contributed by atoms with Gasteiger partial charge < -0.3 is 9.84 Å². The highest BCUT2D eigenvalue weighted by Gasteiger charge is 2.34. The third-order valence-corrected chi connectivity index (χ3v) is 5.36. The maximum atomic E-state index is 13.3. The van der Waals surface area contributed by atoms with Crippen LogP contribution in [-0.2, 0) is 4.79 Å². The maximum absolute atomic E-state index is 13.3. The molecule has 1 aliphatic rings. The molecule has 1 heterocycles. The molecule has 2 N–H and O–H groups in total. The van der Waals surface area contributed by atoms with Crippen LogP contribution in [0.3, 0.4) is 0 Å². The molecule has 2 aromatic carbocycles. The number of rotatable bonds is 5. The Hall–Kier alpha value is -2.62. The number of benzene rings is 2. The highest BCUT2D eigenvalue weighted by molar-refractivity contribution is 8.26. The van der Waals surface area contributed by atoms with Crippen molar-refractivity contribution in [3.63, 3.8) is 0 Å². The number of hydrogen-bond donors (Lipinski definition) is 2. The van der Waals surface area contributed by atoms with Crippen LogP contribution in [0.4, 0.5) is 4.39 Å². The summed E-state index contributed by atoms with van der Waals surface area (Å²) < 4.78 is 18.7. The average Bonchev–Trinajstić information content (AvgIpc) is 2.94. The first-order valence-corrected chi connectivity index (χ1v) is 9.90. The maximum Gasteiger partial charge on any atom is 0.285 e. The predicted octanol–water partition coefficient (Wildman–Crippen LogP) is 4.13. The number of amides is 2. The Morgan fingerprint density at radius 2 is 2.14 bits per heavy atom. The van der Waals surface area contributed by atoms with E-state index in [1.807, 2.05) is 0 Å². The van der Waals surface area contributed by atoms with Crippen LogP contribution in [-0.4, -0.2) is 32.9 Å². The van der Waals surface area contributed by atoms with Gasteiger partial charge in [0.1, 0.15) is 5.82 Å². The number of ether oxygens (including phenoxy) is 1. The van der Waals surface area contributed by atoms with E-state index in [2.05, 4.69) is 5.43 Å². The molecule has 0 radical (unpaired) electrons. The number of halogens is 2. The predicted molar refractivity (Wildman–Crippen MR) is 113 cm³/mol. The molecule has 0 atom stereocenters. The van der Waals surface area contributed by atoms with E-state index in [9.17, 15) is 19.1 Å². The van der Waals surface area contributed by atoms with Crippen molar-refractivity contribution in [2.75, 3.05) is 6.61 Å². The van der Waals surface area contributed by atoms with Gasteiger partial charge in [0, 0.05) is 5.56 Å². The van der Waals surface area contributed by atoms with E-state index in [0.717, 1.165) is 28.9 Å². The molecule has 0 aliphatic carbocycles. The summed E-state index contributed by atoms with van der Waals surface area (Å²) >= 11 is 11.9. The number of aromatic hydroxyl groups is 1. The molecule has 1 fully saturated rings. The van der Waals surface area contributed by atoms with Gasteiger partial charge >= 0.3 is 0 Å². The summed E-state index contributed by atoms with van der Waals surface area (Å²) in [5, 5.41) is 10.5. The van der Waals surface area contributed by atoms with Crippen molar-refractivity contribution in [2.45, 2.75) is 6.92 Å². The van der Waals surface area contributed by atoms with Gasteiger partial charge in [0.25, 0.3) is 11.8 Å². The van der Waals surface area contributed by atoms with E-state index < -0.39 is 17.6 Å². The minimum atomic E-state index is -0.660. The second-order valence-corrected chi connectivity index (χ2v) is 7.83. The highest BCUT2D eigenvalue weighted by Crippen LogP contribution is 2.33. The number of hydrazine groups is 1. The van der Waals surface area contributed by atoms with Gasteiger partial charge in [-0.25, -0.2) is 4.39 Å². The fourth-order valence-corrected chi connectivity index (χ4v) is 3.77. The lowest BCUT2D eigenvalue weighted by Gasteiger charge is -2.15. The van der Waals surface area contributed by atoms with E-state index >= 15 is 0 Å². The van der Waals surface area contributed by atoms with Crippen molar-refractivity contribution in [2.24, 2.45) is 0 Å². The summed E-state index contributed by atoms with van der Waals surface area (Å²) in [5.41, 5.74) is 3.09. The van der Waals surface area contributed by atoms with E-state index in [-0.39, 0.29) is 25.6 Å². The molecule has 1 aliphatic heterocycles. The van der Waals surface area contributed by atoms with Crippen molar-refractivity contribution in [3.05, 3.63) is 63.3 Å². The summed E-state index contributed by atoms with van der Waals surface area (Å²) in [6.07, 6.45) is 1.57. The Kier molecular flexibility index (Phi) is 6.41. The molecule has 0 spiro atoms. The minimum absolute atomic E-state index is 0.0122. The molecule has 0 bridgehead atoms. The quantitative estimate of drug-likeness (QED) is 0.524. The monoisotopic (exact) mass is 452 g/mol. The molecule has 10 heteroatoms. The highest BCUT2D eigenvalue weighted by atomic mass is 35.5. The van der Waals surface area contributed by atoms with Crippen LogP contribution in [0, 0.1) is 5.82 Å². The third-order valence-electron chi connectivity index (χ3n) is 3.77. The number of nitrogens with zero attached hydrogens (tertiary/aromatic N) is 1.